The van der Waals surface area contributed by atoms with E-state index in [1.54, 1.807) is 17.7 Å². The van der Waals surface area contributed by atoms with Crippen LogP contribution in [0.1, 0.15) is 51.8 Å². The van der Waals surface area contributed by atoms with Crippen molar-refractivity contribution in [1.82, 2.24) is 20.6 Å². The molecule has 6 nitrogen and oxygen atoms in total. The molecule has 0 radical (unpaired) electrons. The van der Waals surface area contributed by atoms with Crippen LogP contribution >= 0.6 is 11.3 Å². The third-order valence-electron chi connectivity index (χ3n) is 5.93. The van der Waals surface area contributed by atoms with Gasteiger partial charge in [0.1, 0.15) is 17.0 Å². The molecule has 170 valence electrons. The summed E-state index contributed by atoms with van der Waals surface area (Å²) in [7, 11) is 0. The SMILES string of the molecule is Cc1sc2ncnc(NCCC(=O)NC3CC(C)(C)NC(C)(C)C3)c2c1-c1ccccc1. The number of hydrogen-bond acceptors (Lipinski definition) is 6. The number of carbonyl (C=O) groups excluding carboxylic acids is 1. The number of aryl methyl sites for hydroxylation is 1. The number of nitrogens with zero attached hydrogens (tertiary/aromatic N) is 2. The van der Waals surface area contributed by atoms with E-state index in [1.165, 1.54) is 4.88 Å². The predicted molar refractivity (Wildman–Crippen MR) is 133 cm³/mol. The average molecular weight is 452 g/mol. The van der Waals surface area contributed by atoms with Crippen LogP contribution in [0.3, 0.4) is 0 Å². The Balaban J connectivity index is 1.43. The molecule has 2 aromatic heterocycles. The summed E-state index contributed by atoms with van der Waals surface area (Å²) >= 11 is 1.67. The van der Waals surface area contributed by atoms with E-state index < -0.39 is 0 Å². The molecule has 32 heavy (non-hydrogen) atoms. The maximum absolute atomic E-state index is 12.7. The number of thiophene rings is 1. The van der Waals surface area contributed by atoms with Gasteiger partial charge in [0, 0.05) is 40.5 Å². The van der Waals surface area contributed by atoms with Crippen molar-refractivity contribution in [2.75, 3.05) is 11.9 Å². The van der Waals surface area contributed by atoms with Gasteiger partial charge < -0.3 is 16.0 Å². The predicted octanol–water partition coefficient (Wildman–Crippen LogP) is 4.89. The Hall–Kier alpha value is -2.51. The highest BCUT2D eigenvalue weighted by Crippen LogP contribution is 2.40. The van der Waals surface area contributed by atoms with Gasteiger partial charge in [-0.2, -0.15) is 0 Å². The second-order valence-corrected chi connectivity index (χ2v) is 11.2. The lowest BCUT2D eigenvalue weighted by molar-refractivity contribution is -0.122. The minimum atomic E-state index is 0.00909. The van der Waals surface area contributed by atoms with Gasteiger partial charge in [-0.05, 0) is 53.0 Å². The van der Waals surface area contributed by atoms with Crippen molar-refractivity contribution in [3.05, 3.63) is 41.5 Å². The number of nitrogens with one attached hydrogen (secondary N) is 3. The van der Waals surface area contributed by atoms with E-state index >= 15 is 0 Å². The van der Waals surface area contributed by atoms with Crippen LogP contribution in [0.4, 0.5) is 5.82 Å². The lowest BCUT2D eigenvalue weighted by Gasteiger charge is -2.46. The van der Waals surface area contributed by atoms with Gasteiger partial charge in [-0.3, -0.25) is 4.79 Å². The summed E-state index contributed by atoms with van der Waals surface area (Å²) in [4.78, 5) is 23.8. The van der Waals surface area contributed by atoms with Crippen molar-refractivity contribution in [1.29, 1.82) is 0 Å². The van der Waals surface area contributed by atoms with Crippen LogP contribution in [0.2, 0.25) is 0 Å². The molecular weight excluding hydrogens is 418 g/mol. The Bertz CT molecular complexity index is 1090. The zero-order chi connectivity index (χ0) is 22.9. The van der Waals surface area contributed by atoms with Crippen LogP contribution in [-0.2, 0) is 4.79 Å². The first-order valence-corrected chi connectivity index (χ1v) is 12.1. The molecule has 1 aliphatic heterocycles. The fourth-order valence-corrected chi connectivity index (χ4v) is 6.16. The number of rotatable bonds is 6. The summed E-state index contributed by atoms with van der Waals surface area (Å²) in [6.07, 6.45) is 3.85. The smallest absolute Gasteiger partial charge is 0.221 e. The number of carbonyl (C=O) groups is 1. The first kappa shape index (κ1) is 22.7. The minimum absolute atomic E-state index is 0.00909. The molecule has 1 aromatic carbocycles. The standard InChI is InChI=1S/C25H33N5OS/c1-16-20(17-9-7-6-8-10-17)21-22(27-15-28-23(21)32-16)26-12-11-19(31)29-18-13-24(2,3)30-25(4,5)14-18/h6-10,15,18,30H,11-14H2,1-5H3,(H,29,31)(H,26,27,28). The van der Waals surface area contributed by atoms with Gasteiger partial charge in [0.15, 0.2) is 0 Å². The third kappa shape index (κ3) is 5.10. The zero-order valence-electron chi connectivity index (χ0n) is 19.6. The van der Waals surface area contributed by atoms with E-state index in [0.717, 1.165) is 40.0 Å². The van der Waals surface area contributed by atoms with Crippen molar-refractivity contribution in [2.45, 2.75) is 71.0 Å². The molecule has 3 N–H and O–H groups in total. The van der Waals surface area contributed by atoms with E-state index in [0.29, 0.717) is 13.0 Å². The first-order chi connectivity index (χ1) is 15.1. The Kier molecular flexibility index (Phi) is 6.23. The van der Waals surface area contributed by atoms with Gasteiger partial charge in [0.05, 0.1) is 5.39 Å². The summed E-state index contributed by atoms with van der Waals surface area (Å²) in [5.74, 6) is 0.862. The van der Waals surface area contributed by atoms with Gasteiger partial charge in [0.2, 0.25) is 5.91 Å². The number of amides is 1. The molecule has 3 heterocycles. The molecule has 1 fully saturated rings. The minimum Gasteiger partial charge on any atom is -0.369 e. The molecule has 7 heteroatoms. The maximum Gasteiger partial charge on any atom is 0.221 e. The van der Waals surface area contributed by atoms with Crippen LogP contribution in [-0.4, -0.2) is 39.5 Å². The monoisotopic (exact) mass is 451 g/mol. The second kappa shape index (κ2) is 8.79. The fraction of sp³-hybridized carbons (Fsp3) is 0.480. The van der Waals surface area contributed by atoms with Crippen molar-refractivity contribution >= 4 is 33.3 Å². The maximum atomic E-state index is 12.7. The Morgan fingerprint density at radius 1 is 1.12 bits per heavy atom. The molecule has 0 unspecified atom stereocenters. The number of piperidine rings is 1. The number of hydrogen-bond donors (Lipinski definition) is 3. The molecule has 0 bridgehead atoms. The Labute approximate surface area is 194 Å². The molecule has 0 aliphatic carbocycles. The fourth-order valence-electron chi connectivity index (χ4n) is 5.15. The quantitative estimate of drug-likeness (QED) is 0.497. The van der Waals surface area contributed by atoms with Gasteiger partial charge in [0.25, 0.3) is 0 Å². The summed E-state index contributed by atoms with van der Waals surface area (Å²) in [5.41, 5.74) is 2.34. The van der Waals surface area contributed by atoms with E-state index in [1.807, 2.05) is 18.2 Å². The number of fused-ring (bicyclic) bond motifs is 1. The number of anilines is 1. The summed E-state index contributed by atoms with van der Waals surface area (Å²) in [6, 6.07) is 10.5. The van der Waals surface area contributed by atoms with Crippen molar-refractivity contribution < 1.29 is 4.79 Å². The summed E-state index contributed by atoms with van der Waals surface area (Å²) in [6.45, 7) is 11.4. The van der Waals surface area contributed by atoms with E-state index in [4.69, 9.17) is 0 Å². The van der Waals surface area contributed by atoms with Crippen molar-refractivity contribution in [3.8, 4) is 11.1 Å². The molecular formula is C25H33N5OS. The highest BCUT2D eigenvalue weighted by molar-refractivity contribution is 7.19. The van der Waals surface area contributed by atoms with Crippen LogP contribution in [0.25, 0.3) is 21.3 Å². The highest BCUT2D eigenvalue weighted by Gasteiger charge is 2.38. The van der Waals surface area contributed by atoms with Gasteiger partial charge >= 0.3 is 0 Å². The van der Waals surface area contributed by atoms with Gasteiger partial charge in [-0.25, -0.2) is 9.97 Å². The van der Waals surface area contributed by atoms with Crippen molar-refractivity contribution in [2.24, 2.45) is 0 Å². The molecule has 0 spiro atoms. The molecule has 1 aliphatic rings. The molecule has 3 aromatic rings. The third-order valence-corrected chi connectivity index (χ3v) is 6.94. The van der Waals surface area contributed by atoms with E-state index in [2.05, 4.69) is 72.7 Å². The molecule has 0 saturated carbocycles. The highest BCUT2D eigenvalue weighted by atomic mass is 32.1. The summed E-state index contributed by atoms with van der Waals surface area (Å²) < 4.78 is 0. The largest absolute Gasteiger partial charge is 0.369 e. The Morgan fingerprint density at radius 3 is 2.50 bits per heavy atom. The first-order valence-electron chi connectivity index (χ1n) is 11.3. The molecule has 0 atom stereocenters. The Morgan fingerprint density at radius 2 is 1.81 bits per heavy atom. The number of aromatic nitrogens is 2. The molecule has 4 rings (SSSR count). The van der Waals surface area contributed by atoms with Crippen LogP contribution in [0.5, 0.6) is 0 Å². The molecule has 1 amide bonds. The van der Waals surface area contributed by atoms with Crippen LogP contribution < -0.4 is 16.0 Å². The van der Waals surface area contributed by atoms with E-state index in [9.17, 15) is 4.79 Å². The molecule has 1 saturated heterocycles. The average Bonchev–Trinajstić information content (AvgIpc) is 3.02. The van der Waals surface area contributed by atoms with Gasteiger partial charge in [-0.1, -0.05) is 30.3 Å². The van der Waals surface area contributed by atoms with Crippen LogP contribution in [0.15, 0.2) is 36.7 Å². The number of benzene rings is 1. The van der Waals surface area contributed by atoms with Crippen molar-refractivity contribution in [3.63, 3.8) is 0 Å². The second-order valence-electron chi connectivity index (χ2n) is 10.0. The lowest BCUT2D eigenvalue weighted by Crippen LogP contribution is -2.62. The lowest BCUT2D eigenvalue weighted by atomic mass is 9.79. The van der Waals surface area contributed by atoms with Crippen LogP contribution in [0, 0.1) is 6.92 Å². The van der Waals surface area contributed by atoms with Gasteiger partial charge in [-0.15, -0.1) is 11.3 Å². The zero-order valence-corrected chi connectivity index (χ0v) is 20.4. The normalized spacial score (nSPS) is 17.9. The summed E-state index contributed by atoms with van der Waals surface area (Å²) in [5, 5.41) is 11.3. The topological polar surface area (TPSA) is 78.9 Å². The van der Waals surface area contributed by atoms with E-state index in [-0.39, 0.29) is 23.0 Å².